The molecule has 0 N–H and O–H groups in total. The van der Waals surface area contributed by atoms with Gasteiger partial charge in [-0.15, -0.1) is 5.10 Å². The number of methoxy groups -OCH3 is 1. The van der Waals surface area contributed by atoms with Crippen molar-refractivity contribution in [2.24, 2.45) is 0 Å². The van der Waals surface area contributed by atoms with Crippen molar-refractivity contribution < 1.29 is 9.13 Å². The fourth-order valence-corrected chi connectivity index (χ4v) is 2.74. The predicted octanol–water partition coefficient (Wildman–Crippen LogP) is 2.48. The molecule has 6 nitrogen and oxygen atoms in total. The summed E-state index contributed by atoms with van der Waals surface area (Å²) in [5, 5.41) is 8.55. The van der Waals surface area contributed by atoms with Crippen molar-refractivity contribution in [1.29, 1.82) is 0 Å². The highest BCUT2D eigenvalue weighted by molar-refractivity contribution is 5.26. The molecule has 0 radical (unpaired) electrons. The van der Waals surface area contributed by atoms with Gasteiger partial charge in [0.15, 0.2) is 17.7 Å². The van der Waals surface area contributed by atoms with Crippen molar-refractivity contribution in [3.8, 4) is 11.7 Å². The lowest BCUT2D eigenvalue weighted by atomic mass is 10.0. The summed E-state index contributed by atoms with van der Waals surface area (Å²) in [6.45, 7) is 0. The Morgan fingerprint density at radius 2 is 2.09 bits per heavy atom. The molecule has 1 aliphatic heterocycles. The monoisotopic (exact) mass is 299 g/mol. The Morgan fingerprint density at radius 3 is 2.82 bits per heavy atom. The Hall–Kier alpha value is -2.70. The minimum atomic E-state index is -1.12. The van der Waals surface area contributed by atoms with Crippen LogP contribution in [0.4, 0.5) is 4.39 Å². The molecule has 0 saturated carbocycles. The van der Waals surface area contributed by atoms with Crippen molar-refractivity contribution in [3.63, 3.8) is 0 Å². The number of benzene rings is 1. The van der Waals surface area contributed by atoms with Crippen molar-refractivity contribution in [2.75, 3.05) is 7.11 Å². The Morgan fingerprint density at radius 1 is 1.27 bits per heavy atom. The van der Waals surface area contributed by atoms with E-state index < -0.39 is 6.17 Å². The van der Waals surface area contributed by atoms with Gasteiger partial charge in [0.2, 0.25) is 0 Å². The number of hydrogen-bond donors (Lipinski definition) is 0. The van der Waals surface area contributed by atoms with Crippen LogP contribution in [0.3, 0.4) is 0 Å². The highest BCUT2D eigenvalue weighted by Gasteiger charge is 2.35. The van der Waals surface area contributed by atoms with Crippen LogP contribution in [0, 0.1) is 0 Å². The maximum absolute atomic E-state index is 14.3. The van der Waals surface area contributed by atoms with Gasteiger partial charge in [0, 0.05) is 6.42 Å². The number of ether oxygens (including phenoxy) is 1. The molecular formula is C15H14FN5O. The summed E-state index contributed by atoms with van der Waals surface area (Å²) >= 11 is 0. The van der Waals surface area contributed by atoms with Gasteiger partial charge in [0.25, 0.3) is 5.95 Å². The lowest BCUT2D eigenvalue weighted by molar-refractivity contribution is 0.328. The van der Waals surface area contributed by atoms with E-state index in [2.05, 4.69) is 15.2 Å². The van der Waals surface area contributed by atoms with E-state index in [9.17, 15) is 4.39 Å². The minimum absolute atomic E-state index is 0.134. The Kier molecular flexibility index (Phi) is 2.92. The van der Waals surface area contributed by atoms with Crippen molar-refractivity contribution in [1.82, 2.24) is 24.5 Å². The van der Waals surface area contributed by atoms with E-state index >= 15 is 0 Å². The zero-order chi connectivity index (χ0) is 15.1. The molecule has 7 heteroatoms. The van der Waals surface area contributed by atoms with Crippen LogP contribution in [0.1, 0.15) is 30.0 Å². The van der Waals surface area contributed by atoms with Crippen LogP contribution in [0.25, 0.3) is 5.95 Å². The minimum Gasteiger partial charge on any atom is -0.493 e. The van der Waals surface area contributed by atoms with Gasteiger partial charge in [-0.2, -0.15) is 10.1 Å². The molecule has 0 fully saturated rings. The SMILES string of the molecule is COc1cnn(-c2nc3n(n2)[C@H](c2ccccc2)C[C@@H]3F)c1. The molecule has 3 aromatic rings. The first kappa shape index (κ1) is 13.0. The molecule has 3 heterocycles. The van der Waals surface area contributed by atoms with Crippen LogP contribution in [-0.4, -0.2) is 31.7 Å². The van der Waals surface area contributed by atoms with Crippen molar-refractivity contribution in [3.05, 3.63) is 54.1 Å². The van der Waals surface area contributed by atoms with Crippen molar-refractivity contribution >= 4 is 0 Å². The van der Waals surface area contributed by atoms with E-state index in [1.54, 1.807) is 24.2 Å². The number of rotatable bonds is 3. The zero-order valence-electron chi connectivity index (χ0n) is 11.9. The van der Waals surface area contributed by atoms with Crippen LogP contribution >= 0.6 is 0 Å². The summed E-state index contributed by atoms with van der Waals surface area (Å²) in [4.78, 5) is 4.29. The highest BCUT2D eigenvalue weighted by Crippen LogP contribution is 2.39. The molecule has 1 aromatic carbocycles. The van der Waals surface area contributed by atoms with Gasteiger partial charge in [-0.05, 0) is 5.56 Å². The second-order valence-corrected chi connectivity index (χ2v) is 5.17. The number of nitrogens with zero attached hydrogens (tertiary/aromatic N) is 5. The first-order valence-electron chi connectivity index (χ1n) is 7.01. The number of hydrogen-bond acceptors (Lipinski definition) is 4. The maximum atomic E-state index is 14.3. The zero-order valence-corrected chi connectivity index (χ0v) is 11.9. The summed E-state index contributed by atoms with van der Waals surface area (Å²) < 4.78 is 22.5. The van der Waals surface area contributed by atoms with Gasteiger partial charge in [-0.3, -0.25) is 0 Å². The summed E-state index contributed by atoms with van der Waals surface area (Å²) in [5.74, 6) is 1.30. The number of fused-ring (bicyclic) bond motifs is 1. The van der Waals surface area contributed by atoms with E-state index in [0.717, 1.165) is 5.56 Å². The van der Waals surface area contributed by atoms with E-state index in [4.69, 9.17) is 4.74 Å². The molecule has 112 valence electrons. The molecule has 0 bridgehead atoms. The molecule has 2 atom stereocenters. The van der Waals surface area contributed by atoms with Gasteiger partial charge in [0.05, 0.1) is 25.5 Å². The normalized spacial score (nSPS) is 20.1. The fraction of sp³-hybridized carbons (Fsp3) is 0.267. The van der Waals surface area contributed by atoms with E-state index in [1.807, 2.05) is 30.3 Å². The molecule has 0 spiro atoms. The summed E-state index contributed by atoms with van der Waals surface area (Å²) in [7, 11) is 1.56. The number of aromatic nitrogens is 5. The molecule has 0 amide bonds. The van der Waals surface area contributed by atoms with Crippen LogP contribution < -0.4 is 4.74 Å². The van der Waals surface area contributed by atoms with E-state index in [0.29, 0.717) is 23.9 Å². The third-order valence-corrected chi connectivity index (χ3v) is 3.84. The highest BCUT2D eigenvalue weighted by atomic mass is 19.1. The van der Waals surface area contributed by atoms with Crippen LogP contribution in [-0.2, 0) is 0 Å². The number of alkyl halides is 1. The largest absolute Gasteiger partial charge is 0.493 e. The topological polar surface area (TPSA) is 57.8 Å². The van der Waals surface area contributed by atoms with Crippen LogP contribution in [0.2, 0.25) is 0 Å². The standard InChI is InChI=1S/C15H14FN5O/c1-22-11-8-17-20(9-11)15-18-14-12(16)7-13(21(14)19-15)10-5-3-2-4-6-10/h2-6,8-9,12-13H,7H2,1H3/t12-,13-/m0/s1. The molecule has 0 aliphatic carbocycles. The third kappa shape index (κ3) is 1.97. The van der Waals surface area contributed by atoms with Gasteiger partial charge in [-0.25, -0.2) is 13.8 Å². The lowest BCUT2D eigenvalue weighted by Gasteiger charge is -2.11. The molecule has 22 heavy (non-hydrogen) atoms. The molecule has 2 aromatic heterocycles. The van der Waals surface area contributed by atoms with Crippen LogP contribution in [0.5, 0.6) is 5.75 Å². The Balaban J connectivity index is 1.74. The maximum Gasteiger partial charge on any atom is 0.269 e. The smallest absolute Gasteiger partial charge is 0.269 e. The van der Waals surface area contributed by atoms with Crippen LogP contribution in [0.15, 0.2) is 42.7 Å². The molecule has 4 rings (SSSR count). The molecule has 0 saturated heterocycles. The summed E-state index contributed by atoms with van der Waals surface area (Å²) in [6.07, 6.45) is 2.47. The second kappa shape index (κ2) is 4.94. The average Bonchev–Trinajstić information content (AvgIpc) is 3.24. The molecule has 0 unspecified atom stereocenters. The first-order chi connectivity index (χ1) is 10.8. The van der Waals surface area contributed by atoms with Gasteiger partial charge < -0.3 is 4.74 Å². The fourth-order valence-electron chi connectivity index (χ4n) is 2.74. The predicted molar refractivity (Wildman–Crippen MR) is 76.7 cm³/mol. The quantitative estimate of drug-likeness (QED) is 0.745. The average molecular weight is 299 g/mol. The third-order valence-electron chi connectivity index (χ3n) is 3.84. The first-order valence-corrected chi connectivity index (χ1v) is 7.01. The van der Waals surface area contributed by atoms with E-state index in [1.165, 1.54) is 4.68 Å². The Labute approximate surface area is 126 Å². The van der Waals surface area contributed by atoms with Gasteiger partial charge in [-0.1, -0.05) is 30.3 Å². The molecular weight excluding hydrogens is 285 g/mol. The van der Waals surface area contributed by atoms with Gasteiger partial charge in [0.1, 0.15) is 0 Å². The van der Waals surface area contributed by atoms with Crippen molar-refractivity contribution in [2.45, 2.75) is 18.6 Å². The number of halogens is 1. The summed E-state index contributed by atoms with van der Waals surface area (Å²) in [5.41, 5.74) is 1.03. The second-order valence-electron chi connectivity index (χ2n) is 5.17. The van der Waals surface area contributed by atoms with E-state index in [-0.39, 0.29) is 6.04 Å². The lowest BCUT2D eigenvalue weighted by Crippen LogP contribution is -2.08. The molecule has 1 aliphatic rings. The summed E-state index contributed by atoms with van der Waals surface area (Å²) in [6, 6.07) is 9.64. The van der Waals surface area contributed by atoms with Gasteiger partial charge >= 0.3 is 0 Å². The Bertz CT molecular complexity index is 797.